The van der Waals surface area contributed by atoms with Gasteiger partial charge in [0.25, 0.3) is 0 Å². The van der Waals surface area contributed by atoms with Crippen LogP contribution in [0, 0.1) is 11.8 Å². The molecule has 1 aromatic rings. The molecule has 27 heavy (non-hydrogen) atoms. The third kappa shape index (κ3) is 6.62. The highest BCUT2D eigenvalue weighted by atomic mass is 16.5. The molecule has 0 heterocycles. The topological polar surface area (TPSA) is 71.1 Å². The lowest BCUT2D eigenvalue weighted by Gasteiger charge is -2.14. The van der Waals surface area contributed by atoms with E-state index in [2.05, 4.69) is 0 Å². The monoisotopic (exact) mass is 378 g/mol. The van der Waals surface area contributed by atoms with Crippen molar-refractivity contribution in [3.8, 4) is 17.2 Å². The van der Waals surface area contributed by atoms with E-state index in [1.807, 2.05) is 27.7 Å². The quantitative estimate of drug-likeness (QED) is 0.447. The fraction of sp³-hybridized carbons (Fsp3) is 0.524. The summed E-state index contributed by atoms with van der Waals surface area (Å²) in [5.74, 6) is 0.491. The van der Waals surface area contributed by atoms with Crippen molar-refractivity contribution in [2.75, 3.05) is 20.8 Å². The zero-order valence-electron chi connectivity index (χ0n) is 17.0. The van der Waals surface area contributed by atoms with Crippen LogP contribution in [0.5, 0.6) is 17.2 Å². The van der Waals surface area contributed by atoms with E-state index in [-0.39, 0.29) is 30.4 Å². The van der Waals surface area contributed by atoms with Crippen molar-refractivity contribution in [3.63, 3.8) is 0 Å². The number of benzene rings is 1. The number of hydrogen-bond donors (Lipinski definition) is 0. The minimum atomic E-state index is -0.304. The molecule has 6 heteroatoms. The van der Waals surface area contributed by atoms with Gasteiger partial charge in [-0.1, -0.05) is 27.7 Å². The molecule has 6 nitrogen and oxygen atoms in total. The standard InChI is InChI=1S/C21H30O6/c1-7-14(3)20(22)26-11-9-10-17-18(24-5)12-16(13-19(17)25-6)27-21(23)15(4)8-2/h9-10,12-15H,7-8,11H2,1-6H3/t14-,15-/m1/s1. The summed E-state index contributed by atoms with van der Waals surface area (Å²) in [6.07, 6.45) is 4.90. The molecule has 0 aliphatic heterocycles. The van der Waals surface area contributed by atoms with Crippen LogP contribution in [0.1, 0.15) is 46.1 Å². The van der Waals surface area contributed by atoms with Crippen LogP contribution >= 0.6 is 0 Å². The largest absolute Gasteiger partial charge is 0.496 e. The molecule has 150 valence electrons. The van der Waals surface area contributed by atoms with Gasteiger partial charge < -0.3 is 18.9 Å². The van der Waals surface area contributed by atoms with Crippen LogP contribution in [-0.2, 0) is 14.3 Å². The van der Waals surface area contributed by atoms with E-state index in [4.69, 9.17) is 18.9 Å². The Kier molecular flexibility index (Phi) is 9.40. The lowest BCUT2D eigenvalue weighted by atomic mass is 10.1. The van der Waals surface area contributed by atoms with Gasteiger partial charge in [0, 0.05) is 12.1 Å². The van der Waals surface area contributed by atoms with Crippen molar-refractivity contribution in [3.05, 3.63) is 23.8 Å². The number of rotatable bonds is 10. The molecule has 0 unspecified atom stereocenters. The van der Waals surface area contributed by atoms with Crippen molar-refractivity contribution in [2.24, 2.45) is 11.8 Å². The Balaban J connectivity index is 2.95. The van der Waals surface area contributed by atoms with Crippen LogP contribution in [0.15, 0.2) is 18.2 Å². The van der Waals surface area contributed by atoms with E-state index in [0.29, 0.717) is 29.2 Å². The van der Waals surface area contributed by atoms with Gasteiger partial charge >= 0.3 is 11.9 Å². The highest BCUT2D eigenvalue weighted by Crippen LogP contribution is 2.35. The van der Waals surface area contributed by atoms with E-state index in [1.165, 1.54) is 14.2 Å². The summed E-state index contributed by atoms with van der Waals surface area (Å²) >= 11 is 0. The summed E-state index contributed by atoms with van der Waals surface area (Å²) in [5, 5.41) is 0. The zero-order valence-corrected chi connectivity index (χ0v) is 17.0. The van der Waals surface area contributed by atoms with Gasteiger partial charge in [0.1, 0.15) is 23.9 Å². The molecule has 0 N–H and O–H groups in total. The van der Waals surface area contributed by atoms with Crippen molar-refractivity contribution in [1.82, 2.24) is 0 Å². The molecule has 0 aliphatic rings. The lowest BCUT2D eigenvalue weighted by molar-refractivity contribution is -0.146. The van der Waals surface area contributed by atoms with E-state index in [0.717, 1.165) is 6.42 Å². The van der Waals surface area contributed by atoms with Crippen LogP contribution in [0.3, 0.4) is 0 Å². The molecule has 0 fully saturated rings. The van der Waals surface area contributed by atoms with E-state index in [1.54, 1.807) is 24.3 Å². The summed E-state index contributed by atoms with van der Waals surface area (Å²) in [7, 11) is 3.05. The van der Waals surface area contributed by atoms with E-state index >= 15 is 0 Å². The Morgan fingerprint density at radius 1 is 0.963 bits per heavy atom. The molecule has 2 atom stereocenters. The number of ether oxygens (including phenoxy) is 4. The first-order chi connectivity index (χ1) is 12.9. The smallest absolute Gasteiger partial charge is 0.314 e. The molecule has 0 aliphatic carbocycles. The van der Waals surface area contributed by atoms with Gasteiger partial charge in [-0.15, -0.1) is 0 Å². The summed E-state index contributed by atoms with van der Waals surface area (Å²) in [6, 6.07) is 3.27. The Morgan fingerprint density at radius 3 is 1.96 bits per heavy atom. The second kappa shape index (κ2) is 11.3. The van der Waals surface area contributed by atoms with Gasteiger partial charge in [-0.2, -0.15) is 0 Å². The number of methoxy groups -OCH3 is 2. The highest BCUT2D eigenvalue weighted by molar-refractivity contribution is 5.76. The predicted molar refractivity (Wildman–Crippen MR) is 104 cm³/mol. The van der Waals surface area contributed by atoms with Gasteiger partial charge in [-0.3, -0.25) is 9.59 Å². The molecule has 0 radical (unpaired) electrons. The minimum Gasteiger partial charge on any atom is -0.496 e. The number of esters is 2. The van der Waals surface area contributed by atoms with Crippen molar-refractivity contribution in [1.29, 1.82) is 0 Å². The Labute approximate surface area is 161 Å². The molecule has 0 amide bonds. The number of carbonyl (C=O) groups excluding carboxylic acids is 2. The summed E-state index contributed by atoms with van der Waals surface area (Å²) in [5.41, 5.74) is 0.669. The van der Waals surface area contributed by atoms with Crippen molar-refractivity contribution < 1.29 is 28.5 Å². The van der Waals surface area contributed by atoms with Gasteiger partial charge in [-0.25, -0.2) is 0 Å². The molecule has 1 rings (SSSR count). The zero-order chi connectivity index (χ0) is 20.4. The molecular formula is C21H30O6. The maximum Gasteiger partial charge on any atom is 0.314 e. The Morgan fingerprint density at radius 2 is 1.48 bits per heavy atom. The van der Waals surface area contributed by atoms with Crippen LogP contribution in [-0.4, -0.2) is 32.8 Å². The third-order valence-corrected chi connectivity index (χ3v) is 4.37. The predicted octanol–water partition coefficient (Wildman–Crippen LogP) is 4.26. The summed E-state index contributed by atoms with van der Waals surface area (Å²) < 4.78 is 21.4. The first-order valence-corrected chi connectivity index (χ1v) is 9.18. The highest BCUT2D eigenvalue weighted by Gasteiger charge is 2.17. The van der Waals surface area contributed by atoms with Gasteiger partial charge in [0.05, 0.1) is 31.6 Å². The minimum absolute atomic E-state index is 0.123. The van der Waals surface area contributed by atoms with Gasteiger partial charge in [0.15, 0.2) is 0 Å². The van der Waals surface area contributed by atoms with E-state index in [9.17, 15) is 9.59 Å². The fourth-order valence-electron chi connectivity index (χ4n) is 2.13. The number of hydrogen-bond acceptors (Lipinski definition) is 6. The van der Waals surface area contributed by atoms with Gasteiger partial charge in [0.2, 0.25) is 0 Å². The van der Waals surface area contributed by atoms with E-state index < -0.39 is 0 Å². The molecule has 0 aromatic heterocycles. The first kappa shape index (κ1) is 22.5. The van der Waals surface area contributed by atoms with Crippen LogP contribution < -0.4 is 14.2 Å². The van der Waals surface area contributed by atoms with Crippen LogP contribution in [0.4, 0.5) is 0 Å². The lowest BCUT2D eigenvalue weighted by Crippen LogP contribution is -2.17. The first-order valence-electron chi connectivity index (χ1n) is 9.18. The molecule has 0 saturated heterocycles. The Hall–Kier alpha value is -2.50. The maximum absolute atomic E-state index is 12.0. The van der Waals surface area contributed by atoms with Crippen molar-refractivity contribution in [2.45, 2.75) is 40.5 Å². The van der Waals surface area contributed by atoms with Gasteiger partial charge in [-0.05, 0) is 25.0 Å². The van der Waals surface area contributed by atoms with Crippen LogP contribution in [0.25, 0.3) is 6.08 Å². The van der Waals surface area contributed by atoms with Crippen molar-refractivity contribution >= 4 is 18.0 Å². The second-order valence-corrected chi connectivity index (χ2v) is 6.31. The molecule has 0 spiro atoms. The molecule has 0 saturated carbocycles. The van der Waals surface area contributed by atoms with Crippen LogP contribution in [0.2, 0.25) is 0 Å². The molecule has 0 bridgehead atoms. The Bertz CT molecular complexity index is 640. The normalized spacial score (nSPS) is 13.1. The molecular weight excluding hydrogens is 348 g/mol. The third-order valence-electron chi connectivity index (χ3n) is 4.37. The SMILES string of the molecule is CC[C@@H](C)C(=O)OCC=Cc1c(OC)cc(OC(=O)[C@H](C)CC)cc1OC. The summed E-state index contributed by atoms with van der Waals surface area (Å²) in [6.45, 7) is 7.66. The number of carbonyl (C=O) groups is 2. The summed E-state index contributed by atoms with van der Waals surface area (Å²) in [4.78, 5) is 23.7. The average molecular weight is 378 g/mol. The second-order valence-electron chi connectivity index (χ2n) is 6.31. The molecule has 1 aromatic carbocycles. The fourth-order valence-corrected chi connectivity index (χ4v) is 2.13. The maximum atomic E-state index is 12.0. The average Bonchev–Trinajstić information content (AvgIpc) is 2.69.